The van der Waals surface area contributed by atoms with Crippen molar-refractivity contribution in [3.05, 3.63) is 0 Å². The average molecular weight is 272 g/mol. The molecule has 0 N–H and O–H groups in total. The van der Waals surface area contributed by atoms with Crippen molar-refractivity contribution in [3.8, 4) is 0 Å². The number of hydrogen-bond donors (Lipinski definition) is 0. The maximum absolute atomic E-state index is 3.66. The molecule has 0 aliphatic heterocycles. The first-order valence-electron chi connectivity index (χ1n) is 4.00. The summed E-state index contributed by atoms with van der Waals surface area (Å²) in [5.74, 6) is 0. The summed E-state index contributed by atoms with van der Waals surface area (Å²) in [5, 5.41) is 0. The second kappa shape index (κ2) is 6.66. The molecule has 0 saturated carbocycles. The molecular weight excluding hydrogens is 256 g/mol. The van der Waals surface area contributed by atoms with Gasteiger partial charge in [-0.2, -0.15) is 0 Å². The molecule has 0 aliphatic rings. The molecule has 10 heavy (non-hydrogen) atoms. The molecule has 0 rings (SSSR count). The van der Waals surface area contributed by atoms with Gasteiger partial charge in [0.05, 0.1) is 0 Å². The monoisotopic (exact) mass is 270 g/mol. The Morgan fingerprint density at radius 1 is 0.900 bits per heavy atom. The molecule has 2 heteroatoms. The lowest BCUT2D eigenvalue weighted by Crippen LogP contribution is -2.12. The van der Waals surface area contributed by atoms with Crippen LogP contribution in [-0.4, -0.2) is 9.65 Å². The third kappa shape index (κ3) is 4.73. The van der Waals surface area contributed by atoms with Gasteiger partial charge in [-0.3, -0.25) is 0 Å². The van der Waals surface area contributed by atoms with Crippen LogP contribution in [0.1, 0.15) is 39.5 Å². The van der Waals surface area contributed by atoms with Gasteiger partial charge in [-0.1, -0.05) is 58.5 Å². The van der Waals surface area contributed by atoms with E-state index in [1.165, 1.54) is 25.7 Å². The van der Waals surface area contributed by atoms with E-state index in [9.17, 15) is 0 Å². The number of rotatable bonds is 5. The van der Waals surface area contributed by atoms with E-state index in [0.29, 0.717) is 9.65 Å². The van der Waals surface area contributed by atoms with Crippen molar-refractivity contribution < 1.29 is 0 Å². The van der Waals surface area contributed by atoms with Crippen molar-refractivity contribution in [2.24, 2.45) is 0 Å². The van der Waals surface area contributed by atoms with Crippen molar-refractivity contribution in [3.63, 3.8) is 0 Å². The molecule has 0 fully saturated rings. The van der Waals surface area contributed by atoms with E-state index in [2.05, 4.69) is 45.7 Å². The molecule has 2 atom stereocenters. The van der Waals surface area contributed by atoms with Crippen LogP contribution in [0.2, 0.25) is 0 Å². The Hall–Kier alpha value is 0.960. The SMILES string of the molecule is CCC[C@H](Br)[C@@H](Br)CCC. The minimum atomic E-state index is 0.664. The van der Waals surface area contributed by atoms with Gasteiger partial charge in [-0.25, -0.2) is 0 Å². The van der Waals surface area contributed by atoms with Gasteiger partial charge >= 0.3 is 0 Å². The highest BCUT2D eigenvalue weighted by molar-refractivity contribution is 9.12. The van der Waals surface area contributed by atoms with Crippen LogP contribution in [0.5, 0.6) is 0 Å². The minimum Gasteiger partial charge on any atom is -0.0879 e. The first-order chi connectivity index (χ1) is 4.72. The standard InChI is InChI=1S/C8H16Br2/c1-3-5-7(9)8(10)6-4-2/h7-8H,3-6H2,1-2H3/t7-,8-/m0/s1. The smallest absolute Gasteiger partial charge is 0.0271 e. The van der Waals surface area contributed by atoms with Gasteiger partial charge < -0.3 is 0 Å². The topological polar surface area (TPSA) is 0 Å². The largest absolute Gasteiger partial charge is 0.0879 e. The zero-order valence-electron chi connectivity index (χ0n) is 6.74. The summed E-state index contributed by atoms with van der Waals surface area (Å²) in [6, 6.07) is 0. The quantitative estimate of drug-likeness (QED) is 0.660. The lowest BCUT2D eigenvalue weighted by atomic mass is 10.1. The second-order valence-electron chi connectivity index (χ2n) is 2.61. The zero-order valence-corrected chi connectivity index (χ0v) is 9.91. The molecule has 0 unspecified atom stereocenters. The summed E-state index contributed by atoms with van der Waals surface area (Å²) in [5.41, 5.74) is 0. The number of halogens is 2. The third-order valence-corrected chi connectivity index (χ3v) is 4.42. The molecule has 0 nitrogen and oxygen atoms in total. The summed E-state index contributed by atoms with van der Waals surface area (Å²) in [6.07, 6.45) is 5.08. The van der Waals surface area contributed by atoms with Gasteiger partial charge in [0.15, 0.2) is 0 Å². The fraction of sp³-hybridized carbons (Fsp3) is 1.00. The molecule has 0 aliphatic carbocycles. The third-order valence-electron chi connectivity index (χ3n) is 1.52. The van der Waals surface area contributed by atoms with Crippen LogP contribution in [0.15, 0.2) is 0 Å². The Morgan fingerprint density at radius 3 is 1.40 bits per heavy atom. The summed E-state index contributed by atoms with van der Waals surface area (Å²) < 4.78 is 0. The predicted octanol–water partition coefficient (Wildman–Crippen LogP) is 4.11. The average Bonchev–Trinajstić information content (AvgIpc) is 1.89. The summed E-state index contributed by atoms with van der Waals surface area (Å²) in [4.78, 5) is 1.33. The molecule has 0 aromatic heterocycles. The fourth-order valence-corrected chi connectivity index (χ4v) is 2.36. The van der Waals surface area contributed by atoms with E-state index >= 15 is 0 Å². The molecule has 0 aromatic rings. The second-order valence-corrected chi connectivity index (χ2v) is 4.96. The van der Waals surface area contributed by atoms with Crippen molar-refractivity contribution >= 4 is 31.9 Å². The highest BCUT2D eigenvalue weighted by Crippen LogP contribution is 2.22. The van der Waals surface area contributed by atoms with Gasteiger partial charge in [0, 0.05) is 9.65 Å². The summed E-state index contributed by atoms with van der Waals surface area (Å²) >= 11 is 7.32. The van der Waals surface area contributed by atoms with Crippen molar-refractivity contribution in [1.29, 1.82) is 0 Å². The van der Waals surface area contributed by atoms with Gasteiger partial charge in [0.1, 0.15) is 0 Å². The maximum Gasteiger partial charge on any atom is 0.0271 e. The van der Waals surface area contributed by atoms with E-state index < -0.39 is 0 Å². The molecule has 0 bridgehead atoms. The Kier molecular flexibility index (Phi) is 7.30. The zero-order chi connectivity index (χ0) is 7.98. The van der Waals surface area contributed by atoms with Crippen LogP contribution >= 0.6 is 31.9 Å². The lowest BCUT2D eigenvalue weighted by Gasteiger charge is -2.14. The van der Waals surface area contributed by atoms with Gasteiger partial charge in [0.2, 0.25) is 0 Å². The fourth-order valence-electron chi connectivity index (χ4n) is 0.913. The van der Waals surface area contributed by atoms with Crippen LogP contribution in [0, 0.1) is 0 Å². The van der Waals surface area contributed by atoms with Gasteiger partial charge in [-0.15, -0.1) is 0 Å². The molecule has 0 aromatic carbocycles. The van der Waals surface area contributed by atoms with E-state index in [0.717, 1.165) is 0 Å². The first kappa shape index (κ1) is 11.0. The number of hydrogen-bond acceptors (Lipinski definition) is 0. The highest BCUT2D eigenvalue weighted by Gasteiger charge is 2.12. The van der Waals surface area contributed by atoms with Crippen molar-refractivity contribution in [1.82, 2.24) is 0 Å². The molecule has 0 heterocycles. The number of alkyl halides is 2. The molecule has 0 radical (unpaired) electrons. The Morgan fingerprint density at radius 2 is 1.20 bits per heavy atom. The van der Waals surface area contributed by atoms with Crippen molar-refractivity contribution in [2.75, 3.05) is 0 Å². The lowest BCUT2D eigenvalue weighted by molar-refractivity contribution is 0.668. The van der Waals surface area contributed by atoms with Crippen molar-refractivity contribution in [2.45, 2.75) is 49.2 Å². The van der Waals surface area contributed by atoms with Crippen LogP contribution in [0.3, 0.4) is 0 Å². The Bertz CT molecular complexity index is 63.7. The van der Waals surface area contributed by atoms with E-state index in [-0.39, 0.29) is 0 Å². The first-order valence-corrected chi connectivity index (χ1v) is 5.83. The minimum absolute atomic E-state index is 0.664. The van der Waals surface area contributed by atoms with Crippen LogP contribution in [0.4, 0.5) is 0 Å². The van der Waals surface area contributed by atoms with Crippen LogP contribution < -0.4 is 0 Å². The normalized spacial score (nSPS) is 16.8. The summed E-state index contributed by atoms with van der Waals surface area (Å²) in [6.45, 7) is 4.44. The molecule has 62 valence electrons. The van der Waals surface area contributed by atoms with E-state index in [1.807, 2.05) is 0 Å². The molecule has 0 amide bonds. The van der Waals surface area contributed by atoms with Gasteiger partial charge in [-0.05, 0) is 12.8 Å². The molecule has 0 spiro atoms. The summed E-state index contributed by atoms with van der Waals surface area (Å²) in [7, 11) is 0. The Balaban J connectivity index is 3.38. The highest BCUT2D eigenvalue weighted by atomic mass is 79.9. The maximum atomic E-state index is 3.66. The van der Waals surface area contributed by atoms with E-state index in [4.69, 9.17) is 0 Å². The van der Waals surface area contributed by atoms with Crippen LogP contribution in [-0.2, 0) is 0 Å². The van der Waals surface area contributed by atoms with Gasteiger partial charge in [0.25, 0.3) is 0 Å². The predicted molar refractivity (Wildman–Crippen MR) is 55.2 cm³/mol. The molecule has 0 saturated heterocycles. The molecular formula is C8H16Br2. The Labute approximate surface area is 81.0 Å². The van der Waals surface area contributed by atoms with E-state index in [1.54, 1.807) is 0 Å². The van der Waals surface area contributed by atoms with Crippen LogP contribution in [0.25, 0.3) is 0 Å².